The van der Waals surface area contributed by atoms with Crippen LogP contribution in [0.2, 0.25) is 0 Å². The minimum absolute atomic E-state index is 0.135. The summed E-state index contributed by atoms with van der Waals surface area (Å²) >= 11 is 0. The van der Waals surface area contributed by atoms with Gasteiger partial charge in [0.1, 0.15) is 11.6 Å². The van der Waals surface area contributed by atoms with Crippen molar-refractivity contribution >= 4 is 5.91 Å². The Morgan fingerprint density at radius 1 is 1.10 bits per heavy atom. The molecule has 3 atom stereocenters. The van der Waals surface area contributed by atoms with E-state index in [1.165, 1.54) is 28.8 Å². The second-order valence-corrected chi connectivity index (χ2v) is 9.27. The maximum atomic E-state index is 13.7. The standard InChI is InChI=1S/C26H33FN2O2/c1-15-10-19(12-20(27)11-15)26(30)28-21-13-22-6-7-23(14-21)29(22)18(4)24-8-9-25(31-5)17(3)16(24)2/h8-12,18,21-23H,6-7,13-14H2,1-5H3,(H,28,30). The van der Waals surface area contributed by atoms with E-state index >= 15 is 0 Å². The highest BCUT2D eigenvalue weighted by Gasteiger charge is 2.43. The SMILES string of the molecule is COc1ccc(C(C)N2C3CCC2CC(NC(=O)c2cc(C)cc(F)c2)C3)c(C)c1C. The van der Waals surface area contributed by atoms with Crippen LogP contribution in [-0.4, -0.2) is 36.0 Å². The third kappa shape index (κ3) is 4.20. The molecule has 2 aliphatic heterocycles. The van der Waals surface area contributed by atoms with Gasteiger partial charge >= 0.3 is 0 Å². The lowest BCUT2D eigenvalue weighted by atomic mass is 9.91. The Kier molecular flexibility index (Phi) is 6.07. The van der Waals surface area contributed by atoms with Gasteiger partial charge in [-0.05, 0) is 99.9 Å². The third-order valence-electron chi connectivity index (χ3n) is 7.33. The molecule has 5 heteroatoms. The molecule has 2 bridgehead atoms. The van der Waals surface area contributed by atoms with Crippen LogP contribution in [0.1, 0.15) is 71.3 Å². The monoisotopic (exact) mass is 424 g/mol. The molecule has 4 nitrogen and oxygen atoms in total. The Labute approximate surface area is 184 Å². The predicted octanol–water partition coefficient (Wildman–Crippen LogP) is 5.25. The predicted molar refractivity (Wildman–Crippen MR) is 121 cm³/mol. The largest absolute Gasteiger partial charge is 0.496 e. The summed E-state index contributed by atoms with van der Waals surface area (Å²) in [5, 5.41) is 3.18. The van der Waals surface area contributed by atoms with Crippen molar-refractivity contribution in [3.63, 3.8) is 0 Å². The average Bonchev–Trinajstić information content (AvgIpc) is 2.99. The fraction of sp³-hybridized carbons (Fsp3) is 0.500. The fourth-order valence-corrected chi connectivity index (χ4v) is 5.75. The summed E-state index contributed by atoms with van der Waals surface area (Å²) in [6.45, 7) is 8.41. The van der Waals surface area contributed by atoms with Gasteiger partial charge in [-0.25, -0.2) is 4.39 Å². The van der Waals surface area contributed by atoms with Crippen LogP contribution in [0.15, 0.2) is 30.3 Å². The number of hydrogen-bond donors (Lipinski definition) is 1. The molecular formula is C26H33FN2O2. The Morgan fingerprint density at radius 3 is 2.39 bits per heavy atom. The van der Waals surface area contributed by atoms with Crippen molar-refractivity contribution in [3.05, 3.63) is 64.0 Å². The van der Waals surface area contributed by atoms with Crippen LogP contribution in [-0.2, 0) is 0 Å². The highest BCUT2D eigenvalue weighted by molar-refractivity contribution is 5.94. The van der Waals surface area contributed by atoms with Crippen molar-refractivity contribution in [1.82, 2.24) is 10.2 Å². The molecule has 0 spiro atoms. The van der Waals surface area contributed by atoms with Crippen molar-refractivity contribution in [1.29, 1.82) is 0 Å². The number of ether oxygens (including phenoxy) is 1. The zero-order chi connectivity index (χ0) is 22.3. The Morgan fingerprint density at radius 2 is 1.77 bits per heavy atom. The average molecular weight is 425 g/mol. The van der Waals surface area contributed by atoms with E-state index in [4.69, 9.17) is 4.74 Å². The highest BCUT2D eigenvalue weighted by atomic mass is 19.1. The van der Waals surface area contributed by atoms with Crippen LogP contribution in [0, 0.1) is 26.6 Å². The summed E-state index contributed by atoms with van der Waals surface area (Å²) in [7, 11) is 1.72. The van der Waals surface area contributed by atoms with E-state index in [1.54, 1.807) is 13.2 Å². The first kappa shape index (κ1) is 21.8. The molecule has 166 valence electrons. The molecule has 2 fully saturated rings. The molecule has 1 N–H and O–H groups in total. The van der Waals surface area contributed by atoms with Gasteiger partial charge in [0.05, 0.1) is 7.11 Å². The van der Waals surface area contributed by atoms with Crippen LogP contribution in [0.5, 0.6) is 5.75 Å². The number of carbonyl (C=O) groups is 1. The Bertz CT molecular complexity index is 955. The number of halogens is 1. The fourth-order valence-electron chi connectivity index (χ4n) is 5.75. The number of rotatable bonds is 5. The highest BCUT2D eigenvalue weighted by Crippen LogP contribution is 2.43. The van der Waals surface area contributed by atoms with Crippen molar-refractivity contribution in [2.75, 3.05) is 7.11 Å². The number of nitrogens with zero attached hydrogens (tertiary/aromatic N) is 1. The quantitative estimate of drug-likeness (QED) is 0.713. The number of benzene rings is 2. The molecule has 0 radical (unpaired) electrons. The summed E-state index contributed by atoms with van der Waals surface area (Å²) in [4.78, 5) is 15.4. The maximum Gasteiger partial charge on any atom is 0.251 e. The normalized spacial score (nSPS) is 24.1. The molecular weight excluding hydrogens is 391 g/mol. The molecule has 1 amide bonds. The zero-order valence-electron chi connectivity index (χ0n) is 19.2. The Balaban J connectivity index is 1.47. The summed E-state index contributed by atoms with van der Waals surface area (Å²) < 4.78 is 19.2. The van der Waals surface area contributed by atoms with Gasteiger partial charge in [0.2, 0.25) is 0 Å². The van der Waals surface area contributed by atoms with E-state index in [9.17, 15) is 9.18 Å². The maximum absolute atomic E-state index is 13.7. The number of hydrogen-bond acceptors (Lipinski definition) is 3. The van der Waals surface area contributed by atoms with E-state index in [2.05, 4.69) is 43.1 Å². The molecule has 2 heterocycles. The minimum Gasteiger partial charge on any atom is -0.496 e. The molecule has 3 unspecified atom stereocenters. The molecule has 2 aromatic rings. The first-order chi connectivity index (χ1) is 14.8. The molecule has 0 saturated carbocycles. The Hall–Kier alpha value is -2.40. The number of amides is 1. The van der Waals surface area contributed by atoms with Crippen LogP contribution < -0.4 is 10.1 Å². The van der Waals surface area contributed by atoms with E-state index < -0.39 is 0 Å². The topological polar surface area (TPSA) is 41.6 Å². The summed E-state index contributed by atoms with van der Waals surface area (Å²) in [5.74, 6) is 0.402. The van der Waals surface area contributed by atoms with Crippen molar-refractivity contribution in [2.45, 2.75) is 77.5 Å². The van der Waals surface area contributed by atoms with Crippen molar-refractivity contribution in [2.24, 2.45) is 0 Å². The van der Waals surface area contributed by atoms with E-state index in [1.807, 2.05) is 6.92 Å². The lowest BCUT2D eigenvalue weighted by Gasteiger charge is -2.43. The number of nitrogens with one attached hydrogen (secondary N) is 1. The molecule has 0 aromatic heterocycles. The minimum atomic E-state index is -0.362. The van der Waals surface area contributed by atoms with Crippen LogP contribution in [0.4, 0.5) is 4.39 Å². The number of carbonyl (C=O) groups excluding carboxylic acids is 1. The van der Waals surface area contributed by atoms with Crippen LogP contribution in [0.3, 0.4) is 0 Å². The zero-order valence-corrected chi connectivity index (χ0v) is 19.2. The number of methoxy groups -OCH3 is 1. The number of piperidine rings is 1. The lowest BCUT2D eigenvalue weighted by Crippen LogP contribution is -2.51. The van der Waals surface area contributed by atoms with Gasteiger partial charge < -0.3 is 10.1 Å². The van der Waals surface area contributed by atoms with Gasteiger partial charge in [0, 0.05) is 29.7 Å². The first-order valence-corrected chi connectivity index (χ1v) is 11.3. The van der Waals surface area contributed by atoms with Gasteiger partial charge in [-0.3, -0.25) is 9.69 Å². The number of fused-ring (bicyclic) bond motifs is 2. The van der Waals surface area contributed by atoms with Crippen LogP contribution in [0.25, 0.3) is 0 Å². The summed E-state index contributed by atoms with van der Waals surface area (Å²) in [5.41, 5.74) is 5.02. The van der Waals surface area contributed by atoms with Crippen molar-refractivity contribution < 1.29 is 13.9 Å². The molecule has 4 rings (SSSR count). The van der Waals surface area contributed by atoms with Gasteiger partial charge in [-0.1, -0.05) is 6.07 Å². The first-order valence-electron chi connectivity index (χ1n) is 11.3. The summed E-state index contributed by atoms with van der Waals surface area (Å²) in [6, 6.07) is 10.2. The van der Waals surface area contributed by atoms with Gasteiger partial charge in [0.15, 0.2) is 0 Å². The third-order valence-corrected chi connectivity index (χ3v) is 7.33. The van der Waals surface area contributed by atoms with E-state index in [0.29, 0.717) is 23.7 Å². The van der Waals surface area contributed by atoms with Crippen LogP contribution >= 0.6 is 0 Å². The molecule has 2 aromatic carbocycles. The summed E-state index contributed by atoms with van der Waals surface area (Å²) in [6.07, 6.45) is 4.20. The number of aryl methyl sites for hydroxylation is 1. The van der Waals surface area contributed by atoms with Crippen molar-refractivity contribution in [3.8, 4) is 5.75 Å². The lowest BCUT2D eigenvalue weighted by molar-refractivity contribution is 0.0689. The molecule has 31 heavy (non-hydrogen) atoms. The second kappa shape index (κ2) is 8.62. The smallest absolute Gasteiger partial charge is 0.251 e. The molecule has 2 saturated heterocycles. The van der Waals surface area contributed by atoms with Gasteiger partial charge in [-0.15, -0.1) is 0 Å². The van der Waals surface area contributed by atoms with E-state index in [0.717, 1.165) is 37.0 Å². The molecule has 2 aliphatic rings. The van der Waals surface area contributed by atoms with E-state index in [-0.39, 0.29) is 17.8 Å². The second-order valence-electron chi connectivity index (χ2n) is 9.27. The van der Waals surface area contributed by atoms with Gasteiger partial charge in [-0.2, -0.15) is 0 Å². The molecule has 0 aliphatic carbocycles. The van der Waals surface area contributed by atoms with Gasteiger partial charge in [0.25, 0.3) is 5.91 Å².